The van der Waals surface area contributed by atoms with Gasteiger partial charge in [0.2, 0.25) is 0 Å². The number of nitrogens with zero attached hydrogens (tertiary/aromatic N) is 1. The van der Waals surface area contributed by atoms with Gasteiger partial charge in [0, 0.05) is 6.07 Å². The Hall–Kier alpha value is -1.23. The van der Waals surface area contributed by atoms with E-state index in [1.807, 2.05) is 6.79 Å². The van der Waals surface area contributed by atoms with Crippen LogP contribution in [0.4, 0.5) is 5.69 Å². The van der Waals surface area contributed by atoms with Gasteiger partial charge in [-0.2, -0.15) is 0 Å². The molecular formula is C7H6BrNO3. The largest absolute Gasteiger partial charge is 0.307 e. The van der Waals surface area contributed by atoms with Crippen LogP contribution in [0.1, 0.15) is 0 Å². The van der Waals surface area contributed by atoms with Crippen LogP contribution in [0.5, 0.6) is 0 Å². The minimum absolute atomic E-state index is 0.0995. The van der Waals surface area contributed by atoms with E-state index in [-0.39, 0.29) is 5.69 Å². The molecule has 0 aliphatic heterocycles. The van der Waals surface area contributed by atoms with E-state index < -0.39 is 4.92 Å². The molecule has 0 aromatic heterocycles. The van der Waals surface area contributed by atoms with E-state index in [1.54, 1.807) is 18.2 Å². The maximum atomic E-state index is 10.2. The number of para-hydroxylation sites is 1. The first-order chi connectivity index (χ1) is 5.72. The first-order valence-electron chi connectivity index (χ1n) is 2.89. The second-order valence-electron chi connectivity index (χ2n) is 1.71. The summed E-state index contributed by atoms with van der Waals surface area (Å²) in [6.45, 7) is 2.00. The molecule has 0 heterocycles. The third-order valence-corrected chi connectivity index (χ3v) is 1.72. The molecule has 0 saturated heterocycles. The molecule has 0 saturated carbocycles. The van der Waals surface area contributed by atoms with E-state index in [0.29, 0.717) is 4.47 Å². The number of benzene rings is 1. The van der Waals surface area contributed by atoms with E-state index >= 15 is 0 Å². The van der Waals surface area contributed by atoms with Crippen molar-refractivity contribution < 1.29 is 9.72 Å². The van der Waals surface area contributed by atoms with Gasteiger partial charge in [-0.15, -0.1) is 0 Å². The average Bonchev–Trinajstić information content (AvgIpc) is 2.08. The van der Waals surface area contributed by atoms with Gasteiger partial charge in [-0.1, -0.05) is 12.1 Å². The Bertz CT molecular complexity index is 277. The molecule has 0 spiro atoms. The molecule has 1 aromatic rings. The molecule has 64 valence electrons. The minimum atomic E-state index is -0.427. The smallest absolute Gasteiger partial charge is 0.283 e. The Kier molecular flexibility index (Phi) is 4.87. The van der Waals surface area contributed by atoms with Gasteiger partial charge in [-0.3, -0.25) is 10.1 Å². The molecule has 0 bridgehead atoms. The summed E-state index contributed by atoms with van der Waals surface area (Å²) >= 11 is 3.06. The van der Waals surface area contributed by atoms with Crippen molar-refractivity contribution in [3.63, 3.8) is 0 Å². The zero-order chi connectivity index (χ0) is 9.56. The maximum Gasteiger partial charge on any atom is 0.283 e. The molecular weight excluding hydrogens is 226 g/mol. The van der Waals surface area contributed by atoms with Crippen molar-refractivity contribution in [1.29, 1.82) is 0 Å². The molecule has 0 aliphatic carbocycles. The molecule has 1 rings (SSSR count). The van der Waals surface area contributed by atoms with Crippen molar-refractivity contribution in [1.82, 2.24) is 0 Å². The Balaban J connectivity index is 0.000000561. The summed E-state index contributed by atoms with van der Waals surface area (Å²) in [5, 5.41) is 10.2. The van der Waals surface area contributed by atoms with Crippen molar-refractivity contribution in [3.8, 4) is 0 Å². The van der Waals surface area contributed by atoms with E-state index in [4.69, 9.17) is 4.79 Å². The molecule has 12 heavy (non-hydrogen) atoms. The highest BCUT2D eigenvalue weighted by Crippen LogP contribution is 2.22. The van der Waals surface area contributed by atoms with Crippen LogP contribution in [0.15, 0.2) is 28.7 Å². The monoisotopic (exact) mass is 231 g/mol. The van der Waals surface area contributed by atoms with Gasteiger partial charge < -0.3 is 4.79 Å². The van der Waals surface area contributed by atoms with Crippen LogP contribution >= 0.6 is 15.9 Å². The summed E-state index contributed by atoms with van der Waals surface area (Å²) in [7, 11) is 0. The van der Waals surface area contributed by atoms with Gasteiger partial charge in [-0.05, 0) is 22.0 Å². The zero-order valence-electron chi connectivity index (χ0n) is 6.07. The average molecular weight is 232 g/mol. The van der Waals surface area contributed by atoms with Gasteiger partial charge >= 0.3 is 0 Å². The normalized spacial score (nSPS) is 8.08. The summed E-state index contributed by atoms with van der Waals surface area (Å²) in [5.74, 6) is 0. The third-order valence-electron chi connectivity index (χ3n) is 1.05. The SMILES string of the molecule is C=O.O=[N+]([O-])c1ccccc1Br. The molecule has 0 radical (unpaired) electrons. The topological polar surface area (TPSA) is 60.2 Å². The van der Waals surface area contributed by atoms with Crippen molar-refractivity contribution >= 4 is 28.4 Å². The summed E-state index contributed by atoms with van der Waals surface area (Å²) in [5.41, 5.74) is 0.0995. The molecule has 0 aliphatic rings. The fraction of sp³-hybridized carbons (Fsp3) is 0. The first kappa shape index (κ1) is 10.8. The van der Waals surface area contributed by atoms with Crippen LogP contribution in [0.3, 0.4) is 0 Å². The third kappa shape index (κ3) is 2.79. The second-order valence-corrected chi connectivity index (χ2v) is 2.56. The number of nitro benzene ring substituents is 1. The summed E-state index contributed by atoms with van der Waals surface area (Å²) in [4.78, 5) is 17.8. The number of halogens is 1. The standard InChI is InChI=1S/C6H4BrNO2.CH2O/c7-5-3-1-2-4-6(5)8(9)10;1-2/h1-4H;1H2. The van der Waals surface area contributed by atoms with Gasteiger partial charge in [0.1, 0.15) is 6.79 Å². The molecule has 0 amide bonds. The number of nitro groups is 1. The van der Waals surface area contributed by atoms with Crippen LogP contribution < -0.4 is 0 Å². The van der Waals surface area contributed by atoms with E-state index in [1.165, 1.54) is 6.07 Å². The number of carbonyl (C=O) groups excluding carboxylic acids is 1. The van der Waals surface area contributed by atoms with Crippen molar-refractivity contribution in [3.05, 3.63) is 38.9 Å². The lowest BCUT2D eigenvalue weighted by molar-refractivity contribution is -0.385. The highest BCUT2D eigenvalue weighted by Gasteiger charge is 2.07. The first-order valence-corrected chi connectivity index (χ1v) is 3.69. The highest BCUT2D eigenvalue weighted by molar-refractivity contribution is 9.10. The van der Waals surface area contributed by atoms with Gasteiger partial charge in [0.05, 0.1) is 9.40 Å². The molecule has 5 heteroatoms. The van der Waals surface area contributed by atoms with E-state index in [2.05, 4.69) is 15.9 Å². The minimum Gasteiger partial charge on any atom is -0.307 e. The quantitative estimate of drug-likeness (QED) is 0.550. The van der Waals surface area contributed by atoms with E-state index in [9.17, 15) is 10.1 Å². The summed E-state index contributed by atoms with van der Waals surface area (Å²) in [6, 6.07) is 6.45. The zero-order valence-corrected chi connectivity index (χ0v) is 7.65. The van der Waals surface area contributed by atoms with Crippen LogP contribution in [0.25, 0.3) is 0 Å². The molecule has 0 fully saturated rings. The molecule has 0 unspecified atom stereocenters. The maximum absolute atomic E-state index is 10.2. The van der Waals surface area contributed by atoms with Gasteiger partial charge in [0.15, 0.2) is 0 Å². The van der Waals surface area contributed by atoms with Crippen molar-refractivity contribution in [2.45, 2.75) is 0 Å². The number of hydrogen-bond donors (Lipinski definition) is 0. The number of rotatable bonds is 1. The Morgan fingerprint density at radius 1 is 1.33 bits per heavy atom. The summed E-state index contributed by atoms with van der Waals surface area (Å²) < 4.78 is 0.514. The number of hydrogen-bond acceptors (Lipinski definition) is 3. The Morgan fingerprint density at radius 2 is 1.83 bits per heavy atom. The fourth-order valence-corrected chi connectivity index (χ4v) is 1.03. The lowest BCUT2D eigenvalue weighted by Crippen LogP contribution is -1.87. The van der Waals surface area contributed by atoms with Crippen LogP contribution in [-0.2, 0) is 4.79 Å². The van der Waals surface area contributed by atoms with Crippen molar-refractivity contribution in [2.75, 3.05) is 0 Å². The predicted octanol–water partition coefficient (Wildman–Crippen LogP) is 2.17. The molecule has 0 atom stereocenters. The van der Waals surface area contributed by atoms with Crippen LogP contribution in [0, 0.1) is 10.1 Å². The Morgan fingerprint density at radius 3 is 2.17 bits per heavy atom. The highest BCUT2D eigenvalue weighted by atomic mass is 79.9. The van der Waals surface area contributed by atoms with E-state index in [0.717, 1.165) is 0 Å². The fourth-order valence-electron chi connectivity index (χ4n) is 0.600. The van der Waals surface area contributed by atoms with Crippen molar-refractivity contribution in [2.24, 2.45) is 0 Å². The van der Waals surface area contributed by atoms with Gasteiger partial charge in [0.25, 0.3) is 5.69 Å². The molecule has 4 nitrogen and oxygen atoms in total. The summed E-state index contributed by atoms with van der Waals surface area (Å²) in [6.07, 6.45) is 0. The lowest BCUT2D eigenvalue weighted by atomic mass is 10.3. The lowest BCUT2D eigenvalue weighted by Gasteiger charge is -1.91. The van der Waals surface area contributed by atoms with Crippen LogP contribution in [0.2, 0.25) is 0 Å². The van der Waals surface area contributed by atoms with Gasteiger partial charge in [-0.25, -0.2) is 0 Å². The predicted molar refractivity (Wildman–Crippen MR) is 47.9 cm³/mol. The number of carbonyl (C=O) groups is 1. The molecule has 1 aromatic carbocycles. The second kappa shape index (κ2) is 5.42. The van der Waals surface area contributed by atoms with Crippen LogP contribution in [-0.4, -0.2) is 11.7 Å². The Labute approximate surface area is 77.5 Å². The molecule has 0 N–H and O–H groups in total.